The van der Waals surface area contributed by atoms with Crippen molar-refractivity contribution in [3.63, 3.8) is 0 Å². The molecule has 6 rings (SSSR count). The summed E-state index contributed by atoms with van der Waals surface area (Å²) in [7, 11) is -1.87. The number of benzene rings is 3. The molecule has 3 aromatic carbocycles. The zero-order chi connectivity index (χ0) is 40.5. The van der Waals surface area contributed by atoms with Crippen LogP contribution in [-0.2, 0) is 45.1 Å². The highest BCUT2D eigenvalue weighted by molar-refractivity contribution is 7.86. The number of aromatic nitrogens is 1. The Kier molecular flexibility index (Phi) is 11.4. The van der Waals surface area contributed by atoms with E-state index < -0.39 is 68.1 Å². The Morgan fingerprint density at radius 3 is 1.98 bits per heavy atom. The number of hydrogen-bond donors (Lipinski definition) is 3. The summed E-state index contributed by atoms with van der Waals surface area (Å²) in [5, 5.41) is 21.2. The number of nitrogens with zero attached hydrogens (tertiary/aromatic N) is 3. The number of amides is 2. The van der Waals surface area contributed by atoms with Crippen LogP contribution in [-0.4, -0.2) is 89.5 Å². The summed E-state index contributed by atoms with van der Waals surface area (Å²) < 4.78 is 18.9. The van der Waals surface area contributed by atoms with Crippen LogP contribution in [0.5, 0.6) is 0 Å². The monoisotopic (exact) mass is 819 g/mol. The first-order valence-corrected chi connectivity index (χ1v) is 20.5. The highest BCUT2D eigenvalue weighted by Crippen LogP contribution is 2.41. The van der Waals surface area contributed by atoms with Crippen LogP contribution in [0.4, 0.5) is 5.13 Å². The summed E-state index contributed by atoms with van der Waals surface area (Å²) in [5.41, 5.74) is -2.60. The molecule has 4 atom stereocenters. The van der Waals surface area contributed by atoms with Gasteiger partial charge >= 0.3 is 11.9 Å². The van der Waals surface area contributed by atoms with Gasteiger partial charge in [0.05, 0.1) is 0 Å². The van der Waals surface area contributed by atoms with Gasteiger partial charge in [0.2, 0.25) is 11.5 Å². The fraction of sp³-hybridized carbons (Fsp3) is 0.350. The van der Waals surface area contributed by atoms with Crippen molar-refractivity contribution in [2.45, 2.75) is 62.8 Å². The molecule has 56 heavy (non-hydrogen) atoms. The third-order valence-corrected chi connectivity index (χ3v) is 12.6. The molecule has 294 valence electrons. The summed E-state index contributed by atoms with van der Waals surface area (Å²) in [6.45, 7) is 7.73. The molecule has 3 heterocycles. The third kappa shape index (κ3) is 7.93. The molecule has 3 N–H and O–H groups in total. The second kappa shape index (κ2) is 15.8. The van der Waals surface area contributed by atoms with E-state index >= 15 is 0 Å². The maximum absolute atomic E-state index is 14.2. The number of carbonyl (C=O) groups excluding carboxylic acids is 3. The van der Waals surface area contributed by atoms with E-state index in [0.29, 0.717) is 5.13 Å². The number of anilines is 1. The molecule has 0 bridgehead atoms. The van der Waals surface area contributed by atoms with E-state index in [9.17, 15) is 28.5 Å². The van der Waals surface area contributed by atoms with Gasteiger partial charge in [0.1, 0.15) is 33.7 Å². The lowest BCUT2D eigenvalue weighted by molar-refractivity contribution is -0.179. The number of hydrogen-bond acceptors (Lipinski definition) is 11. The number of rotatable bonds is 13. The first kappa shape index (κ1) is 40.5. The molecule has 2 amide bonds. The second-order valence-corrected chi connectivity index (χ2v) is 17.8. The van der Waals surface area contributed by atoms with Crippen LogP contribution >= 0.6 is 22.9 Å². The zero-order valence-electron chi connectivity index (χ0n) is 31.4. The van der Waals surface area contributed by atoms with Gasteiger partial charge < -0.3 is 30.2 Å². The maximum atomic E-state index is 14.2. The summed E-state index contributed by atoms with van der Waals surface area (Å²) >= 11 is 7.19. The minimum atomic E-state index is -1.87. The van der Waals surface area contributed by atoms with Crippen LogP contribution < -0.4 is 10.6 Å². The summed E-state index contributed by atoms with van der Waals surface area (Å²) in [5.74, 6) is -4.17. The van der Waals surface area contributed by atoms with E-state index in [2.05, 4.69) is 15.8 Å². The first-order chi connectivity index (χ1) is 26.5. The third-order valence-electron chi connectivity index (χ3n) is 9.43. The Labute approximate surface area is 335 Å². The molecule has 0 aliphatic carbocycles. The van der Waals surface area contributed by atoms with Gasteiger partial charge in [-0.05, 0) is 51.3 Å². The van der Waals surface area contributed by atoms with E-state index in [-0.39, 0.29) is 29.6 Å². The van der Waals surface area contributed by atoms with Crippen molar-refractivity contribution in [2.24, 2.45) is 10.6 Å². The van der Waals surface area contributed by atoms with Crippen molar-refractivity contribution in [2.75, 3.05) is 23.5 Å². The Morgan fingerprint density at radius 1 is 0.964 bits per heavy atom. The van der Waals surface area contributed by atoms with Gasteiger partial charge in [-0.15, -0.1) is 22.9 Å². The quantitative estimate of drug-likeness (QED) is 0.0410. The predicted molar refractivity (Wildman–Crippen MR) is 214 cm³/mol. The zero-order valence-corrected chi connectivity index (χ0v) is 33.7. The number of oxime groups is 1. The smallest absolute Gasteiger partial charge is 0.353 e. The first-order valence-electron chi connectivity index (χ1n) is 17.7. The van der Waals surface area contributed by atoms with E-state index in [4.69, 9.17) is 26.2 Å². The number of ether oxygens (including phenoxy) is 1. The topological polar surface area (TPSA) is 177 Å². The second-order valence-electron chi connectivity index (χ2n) is 15.1. The molecule has 1 aromatic heterocycles. The van der Waals surface area contributed by atoms with E-state index in [1.54, 1.807) is 26.2 Å². The molecule has 2 aliphatic heterocycles. The van der Waals surface area contributed by atoms with Gasteiger partial charge in [0.15, 0.2) is 10.8 Å². The Hall–Kier alpha value is -5.12. The molecule has 0 radical (unpaired) electrons. The number of aliphatic carboxylic acids is 1. The van der Waals surface area contributed by atoms with Crippen molar-refractivity contribution < 1.29 is 38.1 Å². The maximum Gasteiger partial charge on any atom is 0.353 e. The van der Waals surface area contributed by atoms with E-state index in [1.165, 1.54) is 30.1 Å². The van der Waals surface area contributed by atoms with Crippen molar-refractivity contribution in [3.8, 4) is 0 Å². The number of esters is 1. The van der Waals surface area contributed by atoms with Gasteiger partial charge in [-0.3, -0.25) is 18.6 Å². The Balaban J connectivity index is 1.37. The number of nitrogens with one attached hydrogen (secondary N) is 2. The summed E-state index contributed by atoms with van der Waals surface area (Å²) in [4.78, 5) is 64.3. The number of alkyl halides is 1. The van der Waals surface area contributed by atoms with Crippen LogP contribution in [0, 0.1) is 5.41 Å². The van der Waals surface area contributed by atoms with Gasteiger partial charge in [-0.2, -0.15) is 0 Å². The number of β-lactam (4-membered cyclic amide) rings is 1. The van der Waals surface area contributed by atoms with Gasteiger partial charge in [0, 0.05) is 34.4 Å². The average Bonchev–Trinajstić information content (AvgIpc) is 3.63. The molecule has 13 nitrogen and oxygen atoms in total. The highest BCUT2D eigenvalue weighted by atomic mass is 35.5. The molecule has 0 saturated carbocycles. The number of thiazole rings is 1. The lowest BCUT2D eigenvalue weighted by Crippen LogP contribution is -2.77. The standard InChI is InChI=1S/C40H42ClN5O8S2/c1-37(2,3)53-35(51)38(4,5)54-45-29(31(47)43-30-32(48)46-23-39(22-41,34(49)50)24-56(52)33(30)46)28-21-55-36(42-28)44-40(25-15-9-6-10-16-25,26-17-11-7-12-18-26)27-19-13-8-14-20-27/h6-21,30,33H,22-24H2,1-5H3,(H,42,44)(H,43,47)(H,49,50)/t30?,33-,39?,56?/m1/s1. The molecular formula is C40H42ClN5O8S2. The number of halogens is 1. The molecule has 2 aliphatic rings. The van der Waals surface area contributed by atoms with Crippen LogP contribution in [0.2, 0.25) is 0 Å². The minimum Gasteiger partial charge on any atom is -0.481 e. The fourth-order valence-corrected chi connectivity index (χ4v) is 9.65. The molecule has 0 spiro atoms. The van der Waals surface area contributed by atoms with Crippen LogP contribution in [0.15, 0.2) is 102 Å². The van der Waals surface area contributed by atoms with E-state index in [1.807, 2.05) is 91.0 Å². The lowest BCUT2D eigenvalue weighted by Gasteiger charge is -2.53. The van der Waals surface area contributed by atoms with Gasteiger partial charge in [0.25, 0.3) is 5.91 Å². The molecule has 3 unspecified atom stereocenters. The minimum absolute atomic E-state index is 0.0542. The average molecular weight is 820 g/mol. The number of fused-ring (bicyclic) bond motifs is 1. The van der Waals surface area contributed by atoms with Crippen molar-refractivity contribution >= 4 is 68.3 Å². The fourth-order valence-electron chi connectivity index (χ4n) is 6.51. The highest BCUT2D eigenvalue weighted by Gasteiger charge is 2.60. The lowest BCUT2D eigenvalue weighted by atomic mass is 9.77. The normalized spacial score (nSPS) is 21.3. The van der Waals surface area contributed by atoms with E-state index in [0.717, 1.165) is 16.7 Å². The SMILES string of the molecule is CC(C)(C)OC(=O)C(C)(C)ON=C(C(=O)NC1C(=O)N2CC(CCl)(C(=O)O)CS(=O)[C@H]12)c1csc(NC(c2ccccc2)(c2ccccc2)c2ccccc2)n1. The van der Waals surface area contributed by atoms with Crippen molar-refractivity contribution in [3.05, 3.63) is 119 Å². The Morgan fingerprint density at radius 2 is 1.50 bits per heavy atom. The molecular weight excluding hydrogens is 778 g/mol. The predicted octanol–water partition coefficient (Wildman–Crippen LogP) is 5.11. The van der Waals surface area contributed by atoms with Crippen LogP contribution in [0.1, 0.15) is 57.0 Å². The molecule has 2 fully saturated rings. The number of carboxylic acids is 1. The Bertz CT molecular complexity index is 2060. The summed E-state index contributed by atoms with van der Waals surface area (Å²) in [6, 6.07) is 28.3. The molecule has 16 heteroatoms. The largest absolute Gasteiger partial charge is 0.481 e. The number of carboxylic acid groups (broad SMARTS) is 1. The molecule has 4 aromatic rings. The van der Waals surface area contributed by atoms with Crippen molar-refractivity contribution in [1.82, 2.24) is 15.2 Å². The summed E-state index contributed by atoms with van der Waals surface area (Å²) in [6.07, 6.45) is 0. The van der Waals surface area contributed by atoms with Crippen LogP contribution in [0.25, 0.3) is 0 Å². The molecule has 2 saturated heterocycles. The van der Waals surface area contributed by atoms with Crippen molar-refractivity contribution in [1.29, 1.82) is 0 Å². The number of carbonyl (C=O) groups is 4. The van der Waals surface area contributed by atoms with Gasteiger partial charge in [-0.1, -0.05) is 96.2 Å². The van der Waals surface area contributed by atoms with Crippen LogP contribution in [0.3, 0.4) is 0 Å². The van der Waals surface area contributed by atoms with Gasteiger partial charge in [-0.25, -0.2) is 9.78 Å².